The molecule has 0 bridgehead atoms. The van der Waals surface area contributed by atoms with E-state index in [1.54, 1.807) is 0 Å². The summed E-state index contributed by atoms with van der Waals surface area (Å²) in [6, 6.07) is 1.65. The van der Waals surface area contributed by atoms with Crippen molar-refractivity contribution in [3.8, 4) is 5.69 Å². The summed E-state index contributed by atoms with van der Waals surface area (Å²) in [5.41, 5.74) is -3.59. The highest BCUT2D eigenvalue weighted by atomic mass is 32.2. The number of aromatic amines is 1. The average Bonchev–Trinajstić information content (AvgIpc) is 3.12. The highest BCUT2D eigenvalue weighted by molar-refractivity contribution is 7.85. The third-order valence-electron chi connectivity index (χ3n) is 3.41. The number of nitrogens with two attached hydrogens (primary N) is 1. The van der Waals surface area contributed by atoms with Gasteiger partial charge < -0.3 is 10.8 Å². The maximum atomic E-state index is 13.2. The van der Waals surface area contributed by atoms with E-state index < -0.39 is 33.1 Å². The molecule has 0 aliphatic heterocycles. The molecule has 0 aliphatic carbocycles. The number of alkyl halides is 3. The molecule has 3 aromatic rings. The minimum absolute atomic E-state index is 0.168. The Morgan fingerprint density at radius 2 is 1.75 bits per heavy atom. The van der Waals surface area contributed by atoms with Crippen molar-refractivity contribution < 1.29 is 26.1 Å². The molecule has 11 nitrogen and oxygen atoms in total. The van der Waals surface area contributed by atoms with Crippen molar-refractivity contribution in [3.05, 3.63) is 51.2 Å². The van der Waals surface area contributed by atoms with Gasteiger partial charge in [-0.3, -0.25) is 13.9 Å². The molecule has 0 amide bonds. The fourth-order valence-electron chi connectivity index (χ4n) is 2.03. The fraction of sp³-hybridized carbons (Fsp3) is 0.231. The first-order chi connectivity index (χ1) is 12.8. The summed E-state index contributed by atoms with van der Waals surface area (Å²) in [4.78, 5) is 25.5. The normalized spacial score (nSPS) is 11.9. The van der Waals surface area contributed by atoms with Crippen LogP contribution in [0.2, 0.25) is 0 Å². The van der Waals surface area contributed by atoms with Crippen molar-refractivity contribution >= 4 is 21.0 Å². The van der Waals surface area contributed by atoms with Gasteiger partial charge in [0.05, 0.1) is 27.9 Å². The summed E-state index contributed by atoms with van der Waals surface area (Å²) in [6.45, 7) is 1.37. The third-order valence-corrected chi connectivity index (χ3v) is 4.14. The van der Waals surface area contributed by atoms with Crippen molar-refractivity contribution in [2.75, 3.05) is 11.6 Å². The first kappa shape index (κ1) is 21.1. The van der Waals surface area contributed by atoms with Gasteiger partial charge in [0.1, 0.15) is 12.7 Å². The van der Waals surface area contributed by atoms with Crippen molar-refractivity contribution in [3.63, 3.8) is 0 Å². The zero-order valence-electron chi connectivity index (χ0n) is 14.0. The van der Waals surface area contributed by atoms with Gasteiger partial charge in [0.15, 0.2) is 0 Å². The molecule has 15 heteroatoms. The summed E-state index contributed by atoms with van der Waals surface area (Å²) in [5, 5.41) is 6.70. The predicted octanol–water partition coefficient (Wildman–Crippen LogP) is -0.103. The molecule has 0 saturated heterocycles. The van der Waals surface area contributed by atoms with Gasteiger partial charge in [-0.25, -0.2) is 4.79 Å². The zero-order valence-corrected chi connectivity index (χ0v) is 14.8. The lowest BCUT2D eigenvalue weighted by Crippen LogP contribution is -2.40. The Balaban J connectivity index is 0.000000409. The maximum Gasteiger partial charge on any atom is 0.418 e. The van der Waals surface area contributed by atoms with Gasteiger partial charge in [0.2, 0.25) is 0 Å². The quantitative estimate of drug-likeness (QED) is 0.380. The van der Waals surface area contributed by atoms with E-state index in [0.29, 0.717) is 6.07 Å². The second kappa shape index (κ2) is 7.43. The van der Waals surface area contributed by atoms with Crippen LogP contribution in [0.1, 0.15) is 12.5 Å². The molecular weight excluding hydrogens is 409 g/mol. The second-order valence-corrected chi connectivity index (χ2v) is 7.00. The number of fused-ring (bicyclic) bond motifs is 1. The van der Waals surface area contributed by atoms with Gasteiger partial charge in [-0.15, -0.1) is 10.2 Å². The largest absolute Gasteiger partial charge is 0.418 e. The molecule has 0 aliphatic rings. The van der Waals surface area contributed by atoms with Crippen LogP contribution in [0.4, 0.5) is 13.2 Å². The number of hydrogen-bond donors (Lipinski definition) is 3. The SMILES string of the molecule is CCS(=O)(=O)O.Nn1c(=O)[nH]c2cc(C(F)(F)F)c(-n3cnnc3)cc2c1=O. The van der Waals surface area contributed by atoms with Crippen LogP contribution in [0.5, 0.6) is 0 Å². The van der Waals surface area contributed by atoms with E-state index in [0.717, 1.165) is 23.3 Å². The number of nitrogens with one attached hydrogen (secondary N) is 1. The van der Waals surface area contributed by atoms with Crippen LogP contribution in [0.3, 0.4) is 0 Å². The Morgan fingerprint density at radius 1 is 1.21 bits per heavy atom. The van der Waals surface area contributed by atoms with E-state index in [1.165, 1.54) is 6.92 Å². The van der Waals surface area contributed by atoms with Crippen molar-refractivity contribution in [2.45, 2.75) is 13.1 Å². The first-order valence-corrected chi connectivity index (χ1v) is 8.91. The molecule has 0 atom stereocenters. The summed E-state index contributed by atoms with van der Waals surface area (Å²) in [6.07, 6.45) is -2.59. The average molecular weight is 422 g/mol. The number of nitrogen functional groups attached to an aromatic ring is 1. The number of benzene rings is 1. The van der Waals surface area contributed by atoms with Crippen LogP contribution in [-0.4, -0.2) is 43.1 Å². The van der Waals surface area contributed by atoms with E-state index in [9.17, 15) is 31.2 Å². The van der Waals surface area contributed by atoms with Crippen LogP contribution in [0.15, 0.2) is 34.4 Å². The van der Waals surface area contributed by atoms with Gasteiger partial charge in [-0.2, -0.15) is 26.3 Å². The lowest BCUT2D eigenvalue weighted by Gasteiger charge is -2.14. The summed E-state index contributed by atoms with van der Waals surface area (Å²) >= 11 is 0. The van der Waals surface area contributed by atoms with Crippen LogP contribution in [0.25, 0.3) is 16.6 Å². The lowest BCUT2D eigenvalue weighted by atomic mass is 10.1. The van der Waals surface area contributed by atoms with E-state index in [4.69, 9.17) is 10.4 Å². The number of rotatable bonds is 2. The molecule has 2 heterocycles. The van der Waals surface area contributed by atoms with Gasteiger partial charge >= 0.3 is 11.9 Å². The Morgan fingerprint density at radius 3 is 2.21 bits per heavy atom. The highest BCUT2D eigenvalue weighted by Crippen LogP contribution is 2.35. The van der Waals surface area contributed by atoms with E-state index in [-0.39, 0.29) is 27.0 Å². The zero-order chi connectivity index (χ0) is 21.3. The van der Waals surface area contributed by atoms with Crippen LogP contribution in [-0.2, 0) is 16.3 Å². The number of H-pyrrole nitrogens is 1. The molecule has 0 radical (unpaired) electrons. The lowest BCUT2D eigenvalue weighted by molar-refractivity contribution is -0.137. The van der Waals surface area contributed by atoms with E-state index >= 15 is 0 Å². The third kappa shape index (κ3) is 4.55. The molecule has 0 spiro atoms. The summed E-state index contributed by atoms with van der Waals surface area (Å²) in [5.74, 6) is 5.05. The van der Waals surface area contributed by atoms with Crippen molar-refractivity contribution in [1.29, 1.82) is 0 Å². The first-order valence-electron chi connectivity index (χ1n) is 7.30. The van der Waals surface area contributed by atoms with Gasteiger partial charge in [0, 0.05) is 0 Å². The number of halogens is 3. The Hall–Kier alpha value is -3.20. The minimum atomic E-state index is -4.71. The molecule has 152 valence electrons. The maximum absolute atomic E-state index is 13.2. The van der Waals surface area contributed by atoms with Crippen molar-refractivity contribution in [1.82, 2.24) is 24.4 Å². The molecule has 1 aromatic carbocycles. The summed E-state index contributed by atoms with van der Waals surface area (Å²) < 4.78 is 67.8. The number of aromatic nitrogens is 5. The standard InChI is InChI=1S/C11H7F3N6O2.C2H6O3S/c12-11(13,14)6-2-7-5(9(21)20(15)10(22)18-7)1-8(6)19-3-16-17-4-19;1-2-6(3,4)5/h1-4H,15H2,(H,18,22);2H2,1H3,(H,3,4,5). The second-order valence-electron chi connectivity index (χ2n) is 5.26. The Kier molecular flexibility index (Phi) is 5.60. The Bertz CT molecular complexity index is 1210. The van der Waals surface area contributed by atoms with Crippen LogP contribution < -0.4 is 17.1 Å². The molecule has 2 aromatic heterocycles. The van der Waals surface area contributed by atoms with Gasteiger partial charge in [-0.05, 0) is 19.1 Å². The Labute approximate surface area is 154 Å². The highest BCUT2D eigenvalue weighted by Gasteiger charge is 2.35. The molecular formula is C13H13F3N6O5S. The van der Waals surface area contributed by atoms with Crippen LogP contribution in [0, 0.1) is 0 Å². The smallest absolute Gasteiger partial charge is 0.332 e. The van der Waals surface area contributed by atoms with Gasteiger partial charge in [0.25, 0.3) is 15.7 Å². The van der Waals surface area contributed by atoms with Crippen LogP contribution >= 0.6 is 0 Å². The number of hydrogen-bond acceptors (Lipinski definition) is 7. The summed E-state index contributed by atoms with van der Waals surface area (Å²) in [7, 11) is -3.66. The molecule has 0 unspecified atom stereocenters. The van der Waals surface area contributed by atoms with E-state index in [2.05, 4.69) is 15.2 Å². The predicted molar refractivity (Wildman–Crippen MR) is 91.0 cm³/mol. The van der Waals surface area contributed by atoms with E-state index in [1.807, 2.05) is 0 Å². The fourth-order valence-corrected chi connectivity index (χ4v) is 2.03. The molecule has 4 N–H and O–H groups in total. The molecule has 0 saturated carbocycles. The topological polar surface area (TPSA) is 166 Å². The monoisotopic (exact) mass is 422 g/mol. The van der Waals surface area contributed by atoms with Crippen molar-refractivity contribution in [2.24, 2.45) is 0 Å². The number of nitrogens with zero attached hydrogens (tertiary/aromatic N) is 4. The molecule has 3 rings (SSSR count). The van der Waals surface area contributed by atoms with Gasteiger partial charge in [-0.1, -0.05) is 0 Å². The minimum Gasteiger partial charge on any atom is -0.332 e. The molecule has 0 fully saturated rings. The molecule has 28 heavy (non-hydrogen) atoms.